The van der Waals surface area contributed by atoms with E-state index in [9.17, 15) is 0 Å². The maximum absolute atomic E-state index is 17.2. The van der Waals surface area contributed by atoms with Crippen LogP contribution in [0.15, 0.2) is 140 Å². The van der Waals surface area contributed by atoms with Crippen molar-refractivity contribution in [2.24, 2.45) is 0 Å². The van der Waals surface area contributed by atoms with Gasteiger partial charge in [0, 0.05) is 0 Å². The van der Waals surface area contributed by atoms with Gasteiger partial charge in [-0.1, -0.05) is 0 Å². The molecule has 5 aromatic rings. The van der Waals surface area contributed by atoms with Crippen molar-refractivity contribution in [2.45, 2.75) is 5.66 Å². The molecule has 0 amide bonds. The van der Waals surface area contributed by atoms with Crippen molar-refractivity contribution in [3.05, 3.63) is 145 Å². The maximum Gasteiger partial charge on any atom is -1.00 e. The number of hydrogen-bond acceptors (Lipinski definition) is 1. The average molecular weight is 625 g/mol. The van der Waals surface area contributed by atoms with Crippen molar-refractivity contribution in [1.82, 2.24) is 4.98 Å². The minimum Gasteiger partial charge on any atom is -1.00 e. The van der Waals surface area contributed by atoms with Gasteiger partial charge in [-0.25, -0.2) is 0 Å². The summed E-state index contributed by atoms with van der Waals surface area (Å²) in [5.74, 6) is 0. The Hall–Kier alpha value is -2.68. The molecular weight excluding hydrogens is 602 g/mol. The summed E-state index contributed by atoms with van der Waals surface area (Å²) >= 11 is -0.0949. The topological polar surface area (TPSA) is 12.9 Å². The molecule has 0 spiro atoms. The second-order valence-corrected chi connectivity index (χ2v) is 13.9. The molecule has 0 atom stereocenters. The van der Waals surface area contributed by atoms with E-state index in [1.54, 1.807) is 6.07 Å². The molecule has 1 nitrogen and oxygen atoms in total. The molecule has 0 aliphatic rings. The first kappa shape index (κ1) is 26.4. The van der Waals surface area contributed by atoms with Crippen molar-refractivity contribution in [1.29, 1.82) is 0 Å². The van der Waals surface area contributed by atoms with E-state index >= 15 is 8.78 Å². The summed E-state index contributed by atoms with van der Waals surface area (Å²) in [4.78, 5) is 4.28. The number of rotatable bonds is 7. The molecule has 5 rings (SSSR count). The van der Waals surface area contributed by atoms with Crippen LogP contribution in [0.5, 0.6) is 0 Å². The summed E-state index contributed by atoms with van der Waals surface area (Å²) in [6.45, 7) is 0. The van der Waals surface area contributed by atoms with Gasteiger partial charge in [0.15, 0.2) is 0 Å². The molecule has 0 bridgehead atoms. The van der Waals surface area contributed by atoms with Crippen molar-refractivity contribution < 1.29 is 25.8 Å². The van der Waals surface area contributed by atoms with Gasteiger partial charge >= 0.3 is 212 Å². The zero-order chi connectivity index (χ0) is 24.1. The molecule has 0 saturated carbocycles. The SMILES string of the molecule is FC(F)(c1cc([Se]c2ccccc2)ccn1)[P+](c1ccccc1)(c1ccccc1)c1ccccc1.[Br-]. The van der Waals surface area contributed by atoms with E-state index in [1.807, 2.05) is 127 Å². The van der Waals surface area contributed by atoms with Gasteiger partial charge in [0.2, 0.25) is 0 Å². The standard InChI is InChI=1S/C30H23F2NPSe.BrH/c31-30(32,29-23-28(21-22-33-29)35-27-19-11-4-12-20-27)34(24-13-5-1-6-14-24,25-15-7-2-8-16-25)26-17-9-3-10-18-26;/h1-23H;1H/q+1;/p-1. The molecule has 36 heavy (non-hydrogen) atoms. The van der Waals surface area contributed by atoms with E-state index < -0.39 is 12.9 Å². The normalized spacial score (nSPS) is 11.5. The Balaban J connectivity index is 0.00000304. The van der Waals surface area contributed by atoms with Crippen LogP contribution in [-0.4, -0.2) is 19.9 Å². The van der Waals surface area contributed by atoms with Crippen LogP contribution in [0.4, 0.5) is 8.78 Å². The van der Waals surface area contributed by atoms with Gasteiger partial charge in [-0.3, -0.25) is 0 Å². The number of benzene rings is 4. The van der Waals surface area contributed by atoms with Crippen LogP contribution < -0.4 is 41.8 Å². The monoisotopic (exact) mass is 625 g/mol. The van der Waals surface area contributed by atoms with Gasteiger partial charge in [-0.2, -0.15) is 0 Å². The van der Waals surface area contributed by atoms with Gasteiger partial charge < -0.3 is 17.0 Å². The Morgan fingerprint density at radius 2 is 0.972 bits per heavy atom. The van der Waals surface area contributed by atoms with Crippen LogP contribution in [0.2, 0.25) is 0 Å². The largest absolute Gasteiger partial charge is 1.00 e. The molecule has 6 heteroatoms. The molecule has 0 unspecified atom stereocenters. The van der Waals surface area contributed by atoms with Gasteiger partial charge in [-0.05, 0) is 0 Å². The van der Waals surface area contributed by atoms with Crippen LogP contribution in [0, 0.1) is 0 Å². The smallest absolute Gasteiger partial charge is 1.00 e. The first-order chi connectivity index (χ1) is 17.1. The summed E-state index contributed by atoms with van der Waals surface area (Å²) in [5, 5.41) is 1.88. The molecule has 0 saturated heterocycles. The molecule has 1 aromatic heterocycles. The van der Waals surface area contributed by atoms with E-state index in [0.29, 0.717) is 15.9 Å². The average Bonchev–Trinajstić information content (AvgIpc) is 2.92. The van der Waals surface area contributed by atoms with Crippen molar-refractivity contribution in [3.63, 3.8) is 0 Å². The molecule has 0 N–H and O–H groups in total. The molecule has 0 radical (unpaired) electrons. The molecule has 4 aromatic carbocycles. The first-order valence-corrected chi connectivity index (χ1v) is 14.8. The van der Waals surface area contributed by atoms with E-state index in [2.05, 4.69) is 4.98 Å². The summed E-state index contributed by atoms with van der Waals surface area (Å²) in [5.41, 5.74) is -3.42. The first-order valence-electron chi connectivity index (χ1n) is 11.3. The van der Waals surface area contributed by atoms with Crippen molar-refractivity contribution >= 4 is 47.1 Å². The number of nitrogens with zero attached hydrogens (tertiary/aromatic N) is 1. The van der Waals surface area contributed by atoms with Crippen LogP contribution >= 0.6 is 7.26 Å². The van der Waals surface area contributed by atoms with Gasteiger partial charge in [0.1, 0.15) is 0 Å². The zero-order valence-corrected chi connectivity index (χ0v) is 23.4. The predicted molar refractivity (Wildman–Crippen MR) is 145 cm³/mol. The molecular formula is C30H23BrF2NPSe. The van der Waals surface area contributed by atoms with E-state index in [0.717, 1.165) is 8.92 Å². The van der Waals surface area contributed by atoms with E-state index in [-0.39, 0.29) is 37.6 Å². The fourth-order valence-electron chi connectivity index (χ4n) is 4.32. The molecule has 0 aliphatic carbocycles. The third-order valence-electron chi connectivity index (χ3n) is 5.87. The van der Waals surface area contributed by atoms with Crippen LogP contribution in [0.1, 0.15) is 5.69 Å². The number of alkyl halides is 2. The fourth-order valence-corrected chi connectivity index (χ4v) is 10.3. The van der Waals surface area contributed by atoms with Crippen LogP contribution in [0.3, 0.4) is 0 Å². The number of aromatic nitrogens is 1. The van der Waals surface area contributed by atoms with Gasteiger partial charge in [0.25, 0.3) is 0 Å². The molecule has 0 fully saturated rings. The minimum absolute atomic E-state index is 0. The number of halogens is 3. The molecule has 0 aliphatic heterocycles. The molecule has 1 heterocycles. The van der Waals surface area contributed by atoms with E-state index in [1.165, 1.54) is 6.20 Å². The summed E-state index contributed by atoms with van der Waals surface area (Å²) < 4.78 is 36.5. The van der Waals surface area contributed by atoms with Gasteiger partial charge in [0.05, 0.1) is 0 Å². The third kappa shape index (κ3) is 4.94. The maximum atomic E-state index is 17.2. The second kappa shape index (κ2) is 11.6. The zero-order valence-electron chi connectivity index (χ0n) is 19.2. The van der Waals surface area contributed by atoms with Crippen LogP contribution in [0.25, 0.3) is 0 Å². The minimum atomic E-state index is -3.47. The Labute approximate surface area is 227 Å². The van der Waals surface area contributed by atoms with E-state index in [4.69, 9.17) is 0 Å². The Morgan fingerprint density at radius 1 is 0.556 bits per heavy atom. The number of hydrogen-bond donors (Lipinski definition) is 0. The second-order valence-electron chi connectivity index (χ2n) is 8.01. The third-order valence-corrected chi connectivity index (χ3v) is 12.3. The van der Waals surface area contributed by atoms with Gasteiger partial charge in [-0.15, -0.1) is 0 Å². The Bertz CT molecular complexity index is 1290. The van der Waals surface area contributed by atoms with Crippen LogP contribution in [-0.2, 0) is 5.66 Å². The Kier molecular flexibility index (Phi) is 8.49. The predicted octanol–water partition coefficient (Wildman–Crippen LogP) is 1.78. The fraction of sp³-hybridized carbons (Fsp3) is 0.0333. The number of pyridine rings is 1. The summed E-state index contributed by atoms with van der Waals surface area (Å²) in [6.07, 6.45) is 1.53. The summed E-state index contributed by atoms with van der Waals surface area (Å²) in [6, 6.07) is 41.1. The quantitative estimate of drug-likeness (QED) is 0.199. The Morgan fingerprint density at radius 3 is 1.42 bits per heavy atom. The van der Waals surface area contributed by atoms with Crippen molar-refractivity contribution in [3.8, 4) is 0 Å². The summed E-state index contributed by atoms with van der Waals surface area (Å²) in [7, 11) is -3.47. The molecule has 180 valence electrons. The van der Waals surface area contributed by atoms with Crippen molar-refractivity contribution in [2.75, 3.05) is 0 Å².